The Morgan fingerprint density at radius 2 is 1.78 bits per heavy atom. The highest BCUT2D eigenvalue weighted by atomic mass is 79.9. The van der Waals surface area contributed by atoms with Gasteiger partial charge < -0.3 is 21.5 Å². The van der Waals surface area contributed by atoms with Crippen LogP contribution < -0.4 is 16.4 Å². The zero-order valence-electron chi connectivity index (χ0n) is 9.60. The van der Waals surface area contributed by atoms with Crippen LogP contribution in [0.2, 0.25) is 0 Å². The topological polar surface area (TPSA) is 110 Å². The molecular weight excluding hydrogens is 302 g/mol. The lowest BCUT2D eigenvalue weighted by Gasteiger charge is -2.23. The number of rotatable bonds is 6. The number of nitrogens with two attached hydrogens (primary N) is 2. The van der Waals surface area contributed by atoms with Gasteiger partial charge in [0.15, 0.2) is 0 Å². The molecule has 1 aromatic rings. The molecule has 0 atom stereocenters. The average molecular weight is 316 g/mol. The summed E-state index contributed by atoms with van der Waals surface area (Å²) in [5.41, 5.74) is 11.6. The molecule has 0 aliphatic heterocycles. The Morgan fingerprint density at radius 3 is 2.17 bits per heavy atom. The number of hydrogen-bond donors (Lipinski definition) is 3. The molecule has 0 saturated carbocycles. The smallest absolute Gasteiger partial charge is 0.236 e. The van der Waals surface area contributed by atoms with Crippen molar-refractivity contribution < 1.29 is 14.7 Å². The highest BCUT2D eigenvalue weighted by Gasteiger charge is 2.15. The van der Waals surface area contributed by atoms with Crippen LogP contribution in [0, 0.1) is 0 Å². The van der Waals surface area contributed by atoms with Gasteiger partial charge in [-0.1, -0.05) is 6.07 Å². The van der Waals surface area contributed by atoms with Gasteiger partial charge in [0.25, 0.3) is 0 Å². The minimum absolute atomic E-state index is 0.0927. The molecule has 98 valence electrons. The zero-order chi connectivity index (χ0) is 13.7. The first kappa shape index (κ1) is 14.5. The lowest BCUT2D eigenvalue weighted by atomic mass is 10.2. The van der Waals surface area contributed by atoms with E-state index in [2.05, 4.69) is 15.9 Å². The van der Waals surface area contributed by atoms with Crippen LogP contribution in [-0.2, 0) is 16.2 Å². The fraction of sp³-hybridized carbons (Fsp3) is 0.273. The van der Waals surface area contributed by atoms with Gasteiger partial charge in [0, 0.05) is 4.47 Å². The molecule has 18 heavy (non-hydrogen) atoms. The minimum Gasteiger partial charge on any atom is -0.392 e. The molecule has 6 nitrogen and oxygen atoms in total. The van der Waals surface area contributed by atoms with Crippen molar-refractivity contribution in [1.82, 2.24) is 0 Å². The van der Waals surface area contributed by atoms with Crippen molar-refractivity contribution in [2.24, 2.45) is 11.5 Å². The maximum absolute atomic E-state index is 11.0. The Kier molecular flexibility index (Phi) is 5.11. The molecule has 0 aliphatic carbocycles. The summed E-state index contributed by atoms with van der Waals surface area (Å²) in [6.07, 6.45) is 0. The van der Waals surface area contributed by atoms with Crippen molar-refractivity contribution >= 4 is 33.4 Å². The van der Waals surface area contributed by atoms with Crippen molar-refractivity contribution in [1.29, 1.82) is 0 Å². The van der Waals surface area contributed by atoms with Gasteiger partial charge in [0.2, 0.25) is 11.8 Å². The van der Waals surface area contributed by atoms with Crippen molar-refractivity contribution in [3.8, 4) is 0 Å². The first-order valence-electron chi connectivity index (χ1n) is 5.15. The van der Waals surface area contributed by atoms with Crippen LogP contribution in [0.5, 0.6) is 0 Å². The van der Waals surface area contributed by atoms with Gasteiger partial charge in [-0.25, -0.2) is 0 Å². The van der Waals surface area contributed by atoms with Crippen LogP contribution in [0.3, 0.4) is 0 Å². The summed E-state index contributed by atoms with van der Waals surface area (Å²) < 4.78 is 0.650. The third kappa shape index (κ3) is 4.01. The fourth-order valence-electron chi connectivity index (χ4n) is 1.51. The molecule has 0 saturated heterocycles. The molecule has 7 heteroatoms. The molecule has 2 amide bonds. The van der Waals surface area contributed by atoms with E-state index in [0.717, 1.165) is 0 Å². The third-order valence-corrected chi connectivity index (χ3v) is 2.86. The summed E-state index contributed by atoms with van der Waals surface area (Å²) in [5, 5.41) is 9.00. The standard InChI is InChI=1S/C11H14BrN3O3/c12-8-3-7(6-16)1-2-9(8)15(4-10(13)17)5-11(14)18/h1-3,16H,4-6H2,(H2,13,17)(H2,14,18). The molecule has 0 radical (unpaired) electrons. The van der Waals surface area contributed by atoms with Crippen molar-refractivity contribution in [2.75, 3.05) is 18.0 Å². The van der Waals surface area contributed by atoms with Crippen LogP contribution in [0.15, 0.2) is 22.7 Å². The van der Waals surface area contributed by atoms with Gasteiger partial charge in [-0.05, 0) is 33.6 Å². The molecule has 0 aromatic heterocycles. The van der Waals surface area contributed by atoms with Gasteiger partial charge >= 0.3 is 0 Å². The highest BCUT2D eigenvalue weighted by Crippen LogP contribution is 2.27. The molecule has 0 heterocycles. The number of nitrogens with zero attached hydrogens (tertiary/aromatic N) is 1. The van der Waals surface area contributed by atoms with E-state index in [1.807, 2.05) is 0 Å². The van der Waals surface area contributed by atoms with E-state index in [1.165, 1.54) is 4.90 Å². The number of carbonyl (C=O) groups is 2. The Morgan fingerprint density at radius 1 is 1.22 bits per heavy atom. The van der Waals surface area contributed by atoms with E-state index in [-0.39, 0.29) is 19.7 Å². The molecule has 0 aliphatic rings. The quantitative estimate of drug-likeness (QED) is 0.670. The third-order valence-electron chi connectivity index (χ3n) is 2.23. The maximum atomic E-state index is 11.0. The second-order valence-corrected chi connectivity index (χ2v) is 4.59. The number of primary amides is 2. The molecular formula is C11H14BrN3O3. The number of halogens is 1. The SMILES string of the molecule is NC(=O)CN(CC(N)=O)c1ccc(CO)cc1Br. The summed E-state index contributed by atoms with van der Waals surface area (Å²) in [6, 6.07) is 5.07. The number of hydrogen-bond acceptors (Lipinski definition) is 4. The predicted molar refractivity (Wildman–Crippen MR) is 70.7 cm³/mol. The molecule has 0 spiro atoms. The molecule has 1 rings (SSSR count). The number of carbonyl (C=O) groups excluding carboxylic acids is 2. The first-order valence-corrected chi connectivity index (χ1v) is 5.94. The van der Waals surface area contributed by atoms with Gasteiger partial charge in [-0.3, -0.25) is 9.59 Å². The lowest BCUT2D eigenvalue weighted by Crippen LogP contribution is -2.39. The molecule has 0 unspecified atom stereocenters. The lowest BCUT2D eigenvalue weighted by molar-refractivity contribution is -0.117. The zero-order valence-corrected chi connectivity index (χ0v) is 11.2. The van der Waals surface area contributed by atoms with Crippen molar-refractivity contribution in [3.05, 3.63) is 28.2 Å². The van der Waals surface area contributed by atoms with Crippen molar-refractivity contribution in [3.63, 3.8) is 0 Å². The Bertz CT molecular complexity index is 449. The van der Waals surface area contributed by atoms with E-state index in [1.54, 1.807) is 18.2 Å². The second-order valence-electron chi connectivity index (χ2n) is 3.73. The number of anilines is 1. The Balaban J connectivity index is 3.03. The molecule has 0 fully saturated rings. The predicted octanol–water partition coefficient (Wildman–Crippen LogP) is -0.282. The van der Waals surface area contributed by atoms with Gasteiger partial charge in [-0.2, -0.15) is 0 Å². The summed E-state index contributed by atoms with van der Waals surface area (Å²) in [5.74, 6) is -1.12. The van der Waals surface area contributed by atoms with E-state index in [9.17, 15) is 9.59 Å². The van der Waals surface area contributed by atoms with Gasteiger partial charge in [-0.15, -0.1) is 0 Å². The average Bonchev–Trinajstić information content (AvgIpc) is 2.26. The second kappa shape index (κ2) is 6.36. The van der Waals surface area contributed by atoms with E-state index in [0.29, 0.717) is 15.7 Å². The number of benzene rings is 1. The number of amides is 2. The normalized spacial score (nSPS) is 10.1. The monoisotopic (exact) mass is 315 g/mol. The summed E-state index contributed by atoms with van der Waals surface area (Å²) in [4.78, 5) is 23.4. The number of aliphatic hydroxyl groups is 1. The van der Waals surface area contributed by atoms with Crippen molar-refractivity contribution in [2.45, 2.75) is 6.61 Å². The van der Waals surface area contributed by atoms with Crippen LogP contribution in [0.25, 0.3) is 0 Å². The van der Waals surface area contributed by atoms with E-state index in [4.69, 9.17) is 16.6 Å². The fourth-order valence-corrected chi connectivity index (χ4v) is 2.18. The van der Waals surface area contributed by atoms with Gasteiger partial charge in [0.05, 0.1) is 25.4 Å². The Labute approximate surface area is 113 Å². The largest absolute Gasteiger partial charge is 0.392 e. The Hall–Kier alpha value is -1.60. The van der Waals surface area contributed by atoms with Crippen LogP contribution >= 0.6 is 15.9 Å². The first-order chi connectivity index (χ1) is 8.43. The van der Waals surface area contributed by atoms with Crippen LogP contribution in [0.1, 0.15) is 5.56 Å². The summed E-state index contributed by atoms with van der Waals surface area (Å²) >= 11 is 3.31. The highest BCUT2D eigenvalue weighted by molar-refractivity contribution is 9.10. The summed E-state index contributed by atoms with van der Waals surface area (Å²) in [7, 11) is 0. The maximum Gasteiger partial charge on any atom is 0.236 e. The molecule has 5 N–H and O–H groups in total. The number of aliphatic hydroxyl groups excluding tert-OH is 1. The van der Waals surface area contributed by atoms with Crippen LogP contribution in [-0.4, -0.2) is 30.0 Å². The van der Waals surface area contributed by atoms with E-state index >= 15 is 0 Å². The molecule has 0 bridgehead atoms. The molecule has 1 aromatic carbocycles. The summed E-state index contributed by atoms with van der Waals surface area (Å²) in [6.45, 7) is -0.315. The van der Waals surface area contributed by atoms with E-state index < -0.39 is 11.8 Å². The minimum atomic E-state index is -0.561. The van der Waals surface area contributed by atoms with Crippen LogP contribution in [0.4, 0.5) is 5.69 Å². The van der Waals surface area contributed by atoms with Gasteiger partial charge in [0.1, 0.15) is 0 Å².